The Labute approximate surface area is 191 Å². The summed E-state index contributed by atoms with van der Waals surface area (Å²) in [5.74, 6) is -0.926. The van der Waals surface area contributed by atoms with E-state index in [2.05, 4.69) is 25.9 Å². The number of nitrogens with one attached hydrogen (secondary N) is 5. The van der Waals surface area contributed by atoms with Crippen LogP contribution >= 0.6 is 0 Å². The summed E-state index contributed by atoms with van der Waals surface area (Å²) >= 11 is 0. The Hall–Kier alpha value is -4.07. The van der Waals surface area contributed by atoms with Crippen LogP contribution in [0.2, 0.25) is 0 Å². The molecule has 0 saturated carbocycles. The molecule has 0 radical (unpaired) electrons. The Balaban J connectivity index is 1.54. The summed E-state index contributed by atoms with van der Waals surface area (Å²) in [4.78, 5) is 43.3. The number of rotatable bonds is 8. The molecule has 0 aliphatic heterocycles. The Morgan fingerprint density at radius 3 is 1.79 bits per heavy atom. The van der Waals surface area contributed by atoms with Gasteiger partial charge in [0.15, 0.2) is 0 Å². The summed E-state index contributed by atoms with van der Waals surface area (Å²) in [5, 5.41) is 10.5. The largest absolute Gasteiger partial charge is 0.361 e. The summed E-state index contributed by atoms with van der Waals surface area (Å²) in [7, 11) is 0. The molecule has 4 aromatic rings. The van der Waals surface area contributed by atoms with Crippen LogP contribution in [0, 0.1) is 0 Å². The van der Waals surface area contributed by atoms with Gasteiger partial charge in [-0.3, -0.25) is 14.4 Å². The zero-order valence-corrected chi connectivity index (χ0v) is 18.6. The normalized spacial score (nSPS) is 12.9. The van der Waals surface area contributed by atoms with Crippen LogP contribution in [-0.4, -0.2) is 39.9 Å². The van der Waals surface area contributed by atoms with Crippen molar-refractivity contribution in [2.24, 2.45) is 0 Å². The first-order valence-electron chi connectivity index (χ1n) is 10.9. The van der Waals surface area contributed by atoms with Crippen LogP contribution in [0.15, 0.2) is 60.9 Å². The second-order valence-corrected chi connectivity index (χ2v) is 8.14. The molecule has 3 amide bonds. The van der Waals surface area contributed by atoms with E-state index in [0.717, 1.165) is 32.9 Å². The van der Waals surface area contributed by atoms with Crippen LogP contribution in [0.4, 0.5) is 0 Å². The highest BCUT2D eigenvalue weighted by Crippen LogP contribution is 2.20. The van der Waals surface area contributed by atoms with Crippen molar-refractivity contribution < 1.29 is 14.4 Å². The summed E-state index contributed by atoms with van der Waals surface area (Å²) in [6.07, 6.45) is 3.81. The van der Waals surface area contributed by atoms with Crippen molar-refractivity contribution in [3.05, 3.63) is 72.1 Å². The Kier molecular flexibility index (Phi) is 6.44. The summed E-state index contributed by atoms with van der Waals surface area (Å²) in [6.45, 7) is 2.79. The van der Waals surface area contributed by atoms with Crippen LogP contribution < -0.4 is 16.0 Å². The van der Waals surface area contributed by atoms with Crippen molar-refractivity contribution in [1.29, 1.82) is 0 Å². The molecule has 0 unspecified atom stereocenters. The van der Waals surface area contributed by atoms with Crippen molar-refractivity contribution in [2.75, 3.05) is 0 Å². The third-order valence-electron chi connectivity index (χ3n) is 5.59. The second-order valence-electron chi connectivity index (χ2n) is 8.14. The predicted octanol–water partition coefficient (Wildman–Crippen LogP) is 2.52. The number of carbonyl (C=O) groups excluding carboxylic acids is 3. The van der Waals surface area contributed by atoms with Crippen molar-refractivity contribution in [2.45, 2.75) is 38.9 Å². The highest BCUT2D eigenvalue weighted by Gasteiger charge is 2.25. The van der Waals surface area contributed by atoms with E-state index in [9.17, 15) is 14.4 Å². The maximum atomic E-state index is 13.2. The number of H-pyrrole nitrogens is 2. The fourth-order valence-electron chi connectivity index (χ4n) is 4.15. The van der Waals surface area contributed by atoms with E-state index >= 15 is 0 Å². The fraction of sp³-hybridized carbons (Fsp3) is 0.240. The molecule has 0 spiro atoms. The maximum Gasteiger partial charge on any atom is 0.244 e. The van der Waals surface area contributed by atoms with Gasteiger partial charge >= 0.3 is 0 Å². The summed E-state index contributed by atoms with van der Waals surface area (Å²) in [5.41, 5.74) is 3.84. The Morgan fingerprint density at radius 2 is 1.24 bits per heavy atom. The average Bonchev–Trinajstić information content (AvgIpc) is 3.37. The quantitative estimate of drug-likeness (QED) is 0.268. The lowest BCUT2D eigenvalue weighted by molar-refractivity contribution is -0.129. The second kappa shape index (κ2) is 9.60. The molecular formula is C25H27N5O3. The molecule has 0 bridgehead atoms. The lowest BCUT2D eigenvalue weighted by Gasteiger charge is -2.24. The molecular weight excluding hydrogens is 418 g/mol. The molecule has 2 aromatic heterocycles. The molecule has 8 nitrogen and oxygen atoms in total. The SMILES string of the molecule is CC(=O)N[C@@H](Cc1c[nH]c2ccccc12)NC(=O)[C@@H](Cc1c[nH]c2ccccc12)NC(C)=O. The molecule has 4 rings (SSSR count). The minimum Gasteiger partial charge on any atom is -0.361 e. The molecule has 33 heavy (non-hydrogen) atoms. The van der Waals surface area contributed by atoms with Gasteiger partial charge in [0.1, 0.15) is 12.2 Å². The molecule has 2 atom stereocenters. The van der Waals surface area contributed by atoms with E-state index in [4.69, 9.17) is 0 Å². The molecule has 0 aliphatic rings. The van der Waals surface area contributed by atoms with E-state index in [1.807, 2.05) is 60.9 Å². The Bertz CT molecular complexity index is 1310. The third kappa shape index (κ3) is 5.23. The highest BCUT2D eigenvalue weighted by molar-refractivity contribution is 5.90. The molecule has 5 N–H and O–H groups in total. The van der Waals surface area contributed by atoms with E-state index in [0.29, 0.717) is 12.8 Å². The molecule has 2 aromatic carbocycles. The summed E-state index contributed by atoms with van der Waals surface area (Å²) in [6, 6.07) is 14.9. The van der Waals surface area contributed by atoms with Crippen LogP contribution in [0.25, 0.3) is 21.8 Å². The Morgan fingerprint density at radius 1 is 0.727 bits per heavy atom. The van der Waals surface area contributed by atoms with E-state index < -0.39 is 12.2 Å². The van der Waals surface area contributed by atoms with Gasteiger partial charge in [-0.05, 0) is 23.3 Å². The molecule has 0 saturated heterocycles. The summed E-state index contributed by atoms with van der Waals surface area (Å²) < 4.78 is 0. The van der Waals surface area contributed by atoms with Gasteiger partial charge < -0.3 is 25.9 Å². The zero-order chi connectivity index (χ0) is 23.4. The predicted molar refractivity (Wildman–Crippen MR) is 127 cm³/mol. The first-order chi connectivity index (χ1) is 15.9. The van der Waals surface area contributed by atoms with Gasteiger partial charge in [-0.2, -0.15) is 0 Å². The van der Waals surface area contributed by atoms with Gasteiger partial charge in [0.25, 0.3) is 0 Å². The van der Waals surface area contributed by atoms with E-state index in [1.54, 1.807) is 0 Å². The van der Waals surface area contributed by atoms with Gasteiger partial charge in [0.2, 0.25) is 17.7 Å². The maximum absolute atomic E-state index is 13.2. The average molecular weight is 446 g/mol. The van der Waals surface area contributed by atoms with Crippen molar-refractivity contribution >= 4 is 39.5 Å². The van der Waals surface area contributed by atoms with E-state index in [-0.39, 0.29) is 17.7 Å². The molecule has 8 heteroatoms. The highest BCUT2D eigenvalue weighted by atomic mass is 16.2. The third-order valence-corrected chi connectivity index (χ3v) is 5.59. The number of carbonyl (C=O) groups is 3. The lowest BCUT2D eigenvalue weighted by atomic mass is 10.0. The number of aromatic amines is 2. The molecule has 0 fully saturated rings. The minimum atomic E-state index is -0.791. The minimum absolute atomic E-state index is 0.257. The number of para-hydroxylation sites is 2. The molecule has 2 heterocycles. The van der Waals surface area contributed by atoms with Crippen molar-refractivity contribution in [3.8, 4) is 0 Å². The standard InChI is InChI=1S/C25H27N5O3/c1-15(31)28-23(11-17-13-26-21-9-5-3-7-19(17)21)25(33)30-24(29-16(2)32)12-18-14-27-22-10-6-4-8-20(18)22/h3-10,13-14,23-24,26-27H,11-12H2,1-2H3,(H,28,31)(H,29,32)(H,30,33)/t23-,24-/m1/s1. The molecule has 0 aliphatic carbocycles. The van der Waals surface area contributed by atoms with Gasteiger partial charge in [0.05, 0.1) is 0 Å². The molecule has 170 valence electrons. The van der Waals surface area contributed by atoms with Crippen LogP contribution in [0.5, 0.6) is 0 Å². The zero-order valence-electron chi connectivity index (χ0n) is 18.6. The van der Waals surface area contributed by atoms with Crippen LogP contribution in [0.1, 0.15) is 25.0 Å². The number of hydrogen-bond acceptors (Lipinski definition) is 3. The van der Waals surface area contributed by atoms with E-state index in [1.165, 1.54) is 13.8 Å². The smallest absolute Gasteiger partial charge is 0.244 e. The number of benzene rings is 2. The van der Waals surface area contributed by atoms with Gasteiger partial charge in [-0.15, -0.1) is 0 Å². The number of fused-ring (bicyclic) bond motifs is 2. The van der Waals surface area contributed by atoms with Crippen molar-refractivity contribution in [1.82, 2.24) is 25.9 Å². The number of amides is 3. The first-order valence-corrected chi connectivity index (χ1v) is 10.9. The van der Waals surface area contributed by atoms with Gasteiger partial charge in [-0.1, -0.05) is 36.4 Å². The van der Waals surface area contributed by atoms with Crippen molar-refractivity contribution in [3.63, 3.8) is 0 Å². The first kappa shape index (κ1) is 22.1. The number of hydrogen-bond donors (Lipinski definition) is 5. The van der Waals surface area contributed by atoms with Crippen LogP contribution in [-0.2, 0) is 27.2 Å². The van der Waals surface area contributed by atoms with Gasteiger partial charge in [0, 0.05) is 60.9 Å². The monoisotopic (exact) mass is 445 g/mol. The van der Waals surface area contributed by atoms with Gasteiger partial charge in [-0.25, -0.2) is 0 Å². The topological polar surface area (TPSA) is 119 Å². The van der Waals surface area contributed by atoms with Crippen LogP contribution in [0.3, 0.4) is 0 Å². The fourth-order valence-corrected chi connectivity index (χ4v) is 4.15. The lowest BCUT2D eigenvalue weighted by Crippen LogP contribution is -2.55. The number of aromatic nitrogens is 2.